The van der Waals surface area contributed by atoms with E-state index in [0.717, 1.165) is 30.7 Å². The average Bonchev–Trinajstić information content (AvgIpc) is 2.38. The Kier molecular flexibility index (Phi) is 5.02. The van der Waals surface area contributed by atoms with Crippen molar-refractivity contribution in [2.24, 2.45) is 0 Å². The van der Waals surface area contributed by atoms with Crippen LogP contribution in [0.1, 0.15) is 13.3 Å². The predicted octanol–water partition coefficient (Wildman–Crippen LogP) is 4.44. The zero-order chi connectivity index (χ0) is 12.8. The van der Waals surface area contributed by atoms with Gasteiger partial charge in [0, 0.05) is 29.9 Å². The van der Waals surface area contributed by atoms with Gasteiger partial charge < -0.3 is 10.1 Å². The van der Waals surface area contributed by atoms with Gasteiger partial charge in [-0.05, 0) is 48.4 Å². The van der Waals surface area contributed by atoms with E-state index in [2.05, 4.69) is 57.6 Å². The van der Waals surface area contributed by atoms with E-state index in [0.29, 0.717) is 0 Å². The molecule has 2 aromatic carbocycles. The fraction of sp³-hybridized carbons (Fsp3) is 0.333. The Hall–Kier alpha value is -1.06. The van der Waals surface area contributed by atoms with Gasteiger partial charge in [0.15, 0.2) is 0 Å². The third-order valence-electron chi connectivity index (χ3n) is 2.80. The summed E-state index contributed by atoms with van der Waals surface area (Å²) in [4.78, 5) is 0. The topological polar surface area (TPSA) is 21.3 Å². The fourth-order valence-electron chi connectivity index (χ4n) is 1.88. The molecule has 0 aliphatic carbocycles. The van der Waals surface area contributed by atoms with Crippen LogP contribution >= 0.6 is 15.9 Å². The first-order valence-corrected chi connectivity index (χ1v) is 7.10. The summed E-state index contributed by atoms with van der Waals surface area (Å²) in [7, 11) is 0. The van der Waals surface area contributed by atoms with Crippen molar-refractivity contribution in [1.82, 2.24) is 0 Å². The summed E-state index contributed by atoms with van der Waals surface area (Å²) in [5, 5.41) is 5.93. The van der Waals surface area contributed by atoms with Crippen LogP contribution in [0.2, 0.25) is 0 Å². The van der Waals surface area contributed by atoms with Crippen molar-refractivity contribution in [3.63, 3.8) is 0 Å². The van der Waals surface area contributed by atoms with Crippen molar-refractivity contribution >= 4 is 32.4 Å². The molecule has 0 aromatic heterocycles. The van der Waals surface area contributed by atoms with Crippen molar-refractivity contribution in [3.05, 3.63) is 40.9 Å². The number of nitrogens with one attached hydrogen (secondary N) is 1. The molecule has 0 aliphatic rings. The van der Waals surface area contributed by atoms with Crippen LogP contribution in [0.4, 0.5) is 5.69 Å². The summed E-state index contributed by atoms with van der Waals surface area (Å²) in [6, 6.07) is 12.8. The van der Waals surface area contributed by atoms with Crippen LogP contribution in [-0.4, -0.2) is 19.8 Å². The molecule has 0 atom stereocenters. The quantitative estimate of drug-likeness (QED) is 0.797. The molecule has 0 saturated heterocycles. The van der Waals surface area contributed by atoms with E-state index >= 15 is 0 Å². The van der Waals surface area contributed by atoms with Gasteiger partial charge in [-0.25, -0.2) is 0 Å². The van der Waals surface area contributed by atoms with Crippen LogP contribution in [0, 0.1) is 0 Å². The Balaban J connectivity index is 1.95. The van der Waals surface area contributed by atoms with Gasteiger partial charge in [0.1, 0.15) is 0 Å². The molecular formula is C15H18BrNO. The van der Waals surface area contributed by atoms with Crippen molar-refractivity contribution in [2.45, 2.75) is 13.3 Å². The van der Waals surface area contributed by atoms with E-state index in [4.69, 9.17) is 4.74 Å². The molecule has 2 aromatic rings. The highest BCUT2D eigenvalue weighted by molar-refractivity contribution is 9.10. The van der Waals surface area contributed by atoms with Crippen molar-refractivity contribution < 1.29 is 4.74 Å². The van der Waals surface area contributed by atoms with Crippen LogP contribution < -0.4 is 5.32 Å². The molecule has 0 radical (unpaired) electrons. The Morgan fingerprint density at radius 2 is 1.89 bits per heavy atom. The SMILES string of the molecule is CCOCCCNc1ccc2cc(Br)ccc2c1. The lowest BCUT2D eigenvalue weighted by Crippen LogP contribution is -2.05. The number of hydrogen-bond acceptors (Lipinski definition) is 2. The second-order valence-corrected chi connectivity index (χ2v) is 5.10. The minimum atomic E-state index is 0.796. The van der Waals surface area contributed by atoms with Gasteiger partial charge in [-0.2, -0.15) is 0 Å². The van der Waals surface area contributed by atoms with Gasteiger partial charge in [0.2, 0.25) is 0 Å². The van der Waals surface area contributed by atoms with Crippen LogP contribution in [0.5, 0.6) is 0 Å². The summed E-state index contributed by atoms with van der Waals surface area (Å²) in [6.45, 7) is 4.59. The Morgan fingerprint density at radius 3 is 2.72 bits per heavy atom. The van der Waals surface area contributed by atoms with Gasteiger partial charge in [-0.3, -0.25) is 0 Å². The normalized spacial score (nSPS) is 10.8. The van der Waals surface area contributed by atoms with E-state index in [1.54, 1.807) is 0 Å². The van der Waals surface area contributed by atoms with Gasteiger partial charge in [-0.15, -0.1) is 0 Å². The third-order valence-corrected chi connectivity index (χ3v) is 3.29. The fourth-order valence-corrected chi connectivity index (χ4v) is 2.26. The largest absolute Gasteiger partial charge is 0.385 e. The van der Waals surface area contributed by atoms with E-state index in [1.807, 2.05) is 6.92 Å². The number of rotatable bonds is 6. The molecule has 1 N–H and O–H groups in total. The zero-order valence-electron chi connectivity index (χ0n) is 10.6. The molecule has 96 valence electrons. The standard InChI is InChI=1S/C15H18BrNO/c1-2-18-9-3-8-17-15-7-5-12-10-14(16)6-4-13(12)11-15/h4-7,10-11,17H,2-3,8-9H2,1H3. The highest BCUT2D eigenvalue weighted by Crippen LogP contribution is 2.22. The van der Waals surface area contributed by atoms with Crippen LogP contribution in [0.15, 0.2) is 40.9 Å². The Labute approximate surface area is 116 Å². The predicted molar refractivity (Wildman–Crippen MR) is 81.2 cm³/mol. The summed E-state index contributed by atoms with van der Waals surface area (Å²) >= 11 is 3.49. The number of halogens is 1. The molecule has 0 spiro atoms. The van der Waals surface area contributed by atoms with E-state index in [9.17, 15) is 0 Å². The molecule has 0 amide bonds. The highest BCUT2D eigenvalue weighted by Gasteiger charge is 1.97. The summed E-state index contributed by atoms with van der Waals surface area (Å²) < 4.78 is 6.43. The van der Waals surface area contributed by atoms with E-state index in [1.165, 1.54) is 16.5 Å². The first-order valence-electron chi connectivity index (χ1n) is 6.30. The van der Waals surface area contributed by atoms with Crippen LogP contribution in [0.25, 0.3) is 10.8 Å². The lowest BCUT2D eigenvalue weighted by Gasteiger charge is -2.08. The van der Waals surface area contributed by atoms with E-state index < -0.39 is 0 Å². The number of anilines is 1. The van der Waals surface area contributed by atoms with Gasteiger partial charge >= 0.3 is 0 Å². The molecule has 18 heavy (non-hydrogen) atoms. The monoisotopic (exact) mass is 307 g/mol. The lowest BCUT2D eigenvalue weighted by molar-refractivity contribution is 0.147. The summed E-state index contributed by atoms with van der Waals surface area (Å²) in [5.74, 6) is 0. The first kappa shape index (κ1) is 13.4. The smallest absolute Gasteiger partial charge is 0.0482 e. The second-order valence-electron chi connectivity index (χ2n) is 4.18. The van der Waals surface area contributed by atoms with E-state index in [-0.39, 0.29) is 0 Å². The molecule has 3 heteroatoms. The number of hydrogen-bond donors (Lipinski definition) is 1. The molecule has 2 rings (SSSR count). The van der Waals surface area contributed by atoms with Crippen molar-refractivity contribution in [3.8, 4) is 0 Å². The number of fused-ring (bicyclic) bond motifs is 1. The zero-order valence-corrected chi connectivity index (χ0v) is 12.2. The molecule has 0 saturated carbocycles. The number of ether oxygens (including phenoxy) is 1. The van der Waals surface area contributed by atoms with Gasteiger partial charge in [-0.1, -0.05) is 28.1 Å². The molecule has 0 unspecified atom stereocenters. The minimum absolute atomic E-state index is 0.796. The highest BCUT2D eigenvalue weighted by atomic mass is 79.9. The first-order chi connectivity index (χ1) is 8.79. The van der Waals surface area contributed by atoms with Gasteiger partial charge in [0.05, 0.1) is 0 Å². The lowest BCUT2D eigenvalue weighted by atomic mass is 10.1. The maximum absolute atomic E-state index is 5.31. The van der Waals surface area contributed by atoms with Crippen LogP contribution in [0.3, 0.4) is 0 Å². The average molecular weight is 308 g/mol. The van der Waals surface area contributed by atoms with Crippen molar-refractivity contribution in [2.75, 3.05) is 25.1 Å². The second kappa shape index (κ2) is 6.76. The van der Waals surface area contributed by atoms with Gasteiger partial charge in [0.25, 0.3) is 0 Å². The van der Waals surface area contributed by atoms with Crippen LogP contribution in [-0.2, 0) is 4.74 Å². The molecule has 0 bridgehead atoms. The molecule has 0 fully saturated rings. The molecule has 0 aliphatic heterocycles. The summed E-state index contributed by atoms with van der Waals surface area (Å²) in [5.41, 5.74) is 1.17. The third kappa shape index (κ3) is 3.72. The number of benzene rings is 2. The maximum Gasteiger partial charge on any atom is 0.0482 e. The molecule has 2 nitrogen and oxygen atoms in total. The Morgan fingerprint density at radius 1 is 1.11 bits per heavy atom. The maximum atomic E-state index is 5.31. The summed E-state index contributed by atoms with van der Waals surface area (Å²) in [6.07, 6.45) is 1.03. The molecular weight excluding hydrogens is 290 g/mol. The minimum Gasteiger partial charge on any atom is -0.385 e. The Bertz CT molecular complexity index is 513. The molecule has 0 heterocycles. The van der Waals surface area contributed by atoms with Crippen molar-refractivity contribution in [1.29, 1.82) is 0 Å².